The van der Waals surface area contributed by atoms with Crippen molar-refractivity contribution in [3.8, 4) is 0 Å². The summed E-state index contributed by atoms with van der Waals surface area (Å²) in [4.78, 5) is 10.1. The molecular formula is C25H44N4O2S4. The van der Waals surface area contributed by atoms with Gasteiger partial charge in [0.05, 0.1) is 25.3 Å². The largest absolute Gasteiger partial charge is 0.393 e. The van der Waals surface area contributed by atoms with Crippen LogP contribution in [-0.2, 0) is 0 Å². The minimum absolute atomic E-state index is 0.228. The molecule has 0 aliphatic carbocycles. The van der Waals surface area contributed by atoms with Crippen molar-refractivity contribution in [2.75, 3.05) is 26.2 Å². The van der Waals surface area contributed by atoms with Crippen molar-refractivity contribution in [3.63, 3.8) is 0 Å². The number of thiocarbonyl (C=S) groups is 4. The third-order valence-corrected chi connectivity index (χ3v) is 8.81. The molecule has 0 amide bonds. The highest BCUT2D eigenvalue weighted by molar-refractivity contribution is 7.82. The molecule has 35 heavy (non-hydrogen) atoms. The average molecular weight is 561 g/mol. The zero-order chi connectivity index (χ0) is 26.6. The summed E-state index contributed by atoms with van der Waals surface area (Å²) in [6.07, 6.45) is 4.31. The third-order valence-electron chi connectivity index (χ3n) is 7.30. The molecule has 0 saturated carbocycles. The average Bonchev–Trinajstić information content (AvgIpc) is 3.24. The molecular weight excluding hydrogens is 517 g/mol. The van der Waals surface area contributed by atoms with Gasteiger partial charge in [-0.25, -0.2) is 0 Å². The summed E-state index contributed by atoms with van der Waals surface area (Å²) in [7, 11) is 0. The van der Waals surface area contributed by atoms with E-state index in [2.05, 4.69) is 61.1 Å². The second-order valence-corrected chi connectivity index (χ2v) is 12.7. The Kier molecular flexibility index (Phi) is 11.2. The molecule has 2 aliphatic heterocycles. The molecule has 2 saturated heterocycles. The molecule has 0 bridgehead atoms. The highest BCUT2D eigenvalue weighted by Crippen LogP contribution is 2.30. The molecule has 2 fully saturated rings. The van der Waals surface area contributed by atoms with Crippen LogP contribution < -0.4 is 0 Å². The first-order chi connectivity index (χ1) is 16.2. The predicted molar refractivity (Wildman–Crippen MR) is 161 cm³/mol. The molecule has 0 radical (unpaired) electrons. The molecule has 2 N–H and O–H groups in total. The summed E-state index contributed by atoms with van der Waals surface area (Å²) in [6.45, 7) is 15.8. The maximum atomic E-state index is 10.6. The van der Waals surface area contributed by atoms with Gasteiger partial charge >= 0.3 is 0 Å². The molecule has 2 rings (SSSR count). The smallest absolute Gasteiger partial charge is 0.177 e. The fraction of sp³-hybridized carbons (Fsp3) is 0.840. The quantitative estimate of drug-likeness (QED) is 0.297. The Labute approximate surface area is 234 Å². The van der Waals surface area contributed by atoms with E-state index < -0.39 is 12.2 Å². The Balaban J connectivity index is 1.73. The molecule has 2 heterocycles. The van der Waals surface area contributed by atoms with Crippen LogP contribution in [0.3, 0.4) is 0 Å². The second-order valence-electron chi connectivity index (χ2n) is 11.0. The number of aliphatic hydroxyl groups is 2. The van der Waals surface area contributed by atoms with Crippen LogP contribution in [0.15, 0.2) is 0 Å². The highest BCUT2D eigenvalue weighted by Gasteiger charge is 2.40. The maximum absolute atomic E-state index is 10.6. The van der Waals surface area contributed by atoms with Crippen LogP contribution in [0.2, 0.25) is 0 Å². The number of nitrogens with zero attached hydrogens (tertiary/aromatic N) is 4. The maximum Gasteiger partial charge on any atom is 0.177 e. The molecule has 0 aromatic rings. The summed E-state index contributed by atoms with van der Waals surface area (Å²) in [6, 6.07) is 0. The van der Waals surface area contributed by atoms with Gasteiger partial charge in [-0.2, -0.15) is 0 Å². The van der Waals surface area contributed by atoms with Gasteiger partial charge in [-0.1, -0.05) is 24.4 Å². The molecule has 0 spiro atoms. The lowest BCUT2D eigenvalue weighted by atomic mass is 9.91. The first-order valence-corrected chi connectivity index (χ1v) is 14.5. The van der Waals surface area contributed by atoms with E-state index in [0.29, 0.717) is 38.8 Å². The van der Waals surface area contributed by atoms with Crippen LogP contribution in [0.4, 0.5) is 0 Å². The number of likely N-dealkylation sites (N-methyl/N-ethyl adjacent to an activating group) is 2. The molecule has 2 aliphatic rings. The van der Waals surface area contributed by atoms with Crippen molar-refractivity contribution < 1.29 is 10.2 Å². The lowest BCUT2D eigenvalue weighted by Crippen LogP contribution is -2.48. The lowest BCUT2D eigenvalue weighted by Gasteiger charge is -2.37. The van der Waals surface area contributed by atoms with Crippen LogP contribution >= 0.6 is 48.9 Å². The van der Waals surface area contributed by atoms with E-state index in [1.807, 2.05) is 0 Å². The summed E-state index contributed by atoms with van der Waals surface area (Å²) < 4.78 is 0. The van der Waals surface area contributed by atoms with Gasteiger partial charge in [-0.05, 0) is 111 Å². The third kappa shape index (κ3) is 7.74. The topological polar surface area (TPSA) is 53.4 Å². The minimum Gasteiger partial charge on any atom is -0.393 e. The van der Waals surface area contributed by atoms with Gasteiger partial charge in [0.25, 0.3) is 0 Å². The van der Waals surface area contributed by atoms with Crippen LogP contribution in [-0.4, -0.2) is 99.5 Å². The molecule has 0 aromatic heterocycles. The molecule has 2 atom stereocenters. The van der Waals surface area contributed by atoms with Gasteiger partial charge in [0, 0.05) is 24.2 Å². The standard InChI is InChI=1S/C25H44N4O2S4/c1-7-26-16-20(32)28(22(26)34)24(3,4)14-12-18(30)10-9-11-19(31)13-15-25(5,6)29-21(33)17-27(8-2)23(29)35/h18-19,30-31H,7-17H2,1-6H3. The second kappa shape index (κ2) is 12.8. The van der Waals surface area contributed by atoms with E-state index in [0.717, 1.165) is 52.6 Å². The van der Waals surface area contributed by atoms with E-state index in [-0.39, 0.29) is 11.1 Å². The molecule has 0 aromatic carbocycles. The monoisotopic (exact) mass is 560 g/mol. The van der Waals surface area contributed by atoms with Crippen molar-refractivity contribution in [1.82, 2.24) is 19.6 Å². The molecule has 2 unspecified atom stereocenters. The van der Waals surface area contributed by atoms with Crippen molar-refractivity contribution in [2.24, 2.45) is 0 Å². The van der Waals surface area contributed by atoms with Gasteiger partial charge in [0.2, 0.25) is 0 Å². The predicted octanol–water partition coefficient (Wildman–Crippen LogP) is 4.50. The summed E-state index contributed by atoms with van der Waals surface area (Å²) in [5.41, 5.74) is -0.456. The van der Waals surface area contributed by atoms with Gasteiger partial charge in [-0.3, -0.25) is 0 Å². The number of aliphatic hydroxyl groups excluding tert-OH is 2. The lowest BCUT2D eigenvalue weighted by molar-refractivity contribution is 0.107. The fourth-order valence-electron chi connectivity index (χ4n) is 4.93. The Morgan fingerprint density at radius 1 is 0.686 bits per heavy atom. The van der Waals surface area contributed by atoms with Crippen molar-refractivity contribution >= 4 is 69.1 Å². The van der Waals surface area contributed by atoms with E-state index in [4.69, 9.17) is 48.9 Å². The Bertz CT molecular complexity index is 740. The SMILES string of the molecule is CCN1CC(=S)N(C(C)(C)CCC(O)CCCC(O)CCC(C)(C)N2C(=S)CN(CC)C2=S)C1=S. The summed E-state index contributed by atoms with van der Waals surface area (Å²) in [5.74, 6) is 0. The minimum atomic E-state index is -0.399. The number of hydrogen-bond donors (Lipinski definition) is 2. The molecule has 6 nitrogen and oxygen atoms in total. The van der Waals surface area contributed by atoms with Crippen molar-refractivity contribution in [3.05, 3.63) is 0 Å². The van der Waals surface area contributed by atoms with Crippen LogP contribution in [0.25, 0.3) is 0 Å². The van der Waals surface area contributed by atoms with E-state index >= 15 is 0 Å². The zero-order valence-corrected chi connectivity index (χ0v) is 25.5. The van der Waals surface area contributed by atoms with Crippen LogP contribution in [0.1, 0.15) is 86.5 Å². The summed E-state index contributed by atoms with van der Waals surface area (Å²) in [5, 5.41) is 22.8. The first kappa shape index (κ1) is 30.7. The van der Waals surface area contributed by atoms with Crippen molar-refractivity contribution in [1.29, 1.82) is 0 Å². The Morgan fingerprint density at radius 3 is 1.31 bits per heavy atom. The first-order valence-electron chi connectivity index (χ1n) is 12.8. The molecule has 10 heteroatoms. The van der Waals surface area contributed by atoms with Gasteiger partial charge in [0.15, 0.2) is 10.2 Å². The van der Waals surface area contributed by atoms with Crippen LogP contribution in [0.5, 0.6) is 0 Å². The van der Waals surface area contributed by atoms with Crippen LogP contribution in [0, 0.1) is 0 Å². The van der Waals surface area contributed by atoms with E-state index in [1.54, 1.807) is 0 Å². The number of hydrogen-bond acceptors (Lipinski definition) is 6. The van der Waals surface area contributed by atoms with E-state index in [1.165, 1.54) is 0 Å². The molecule has 200 valence electrons. The fourth-order valence-corrected chi connectivity index (χ4v) is 7.12. The van der Waals surface area contributed by atoms with Crippen molar-refractivity contribution in [2.45, 2.75) is 110 Å². The van der Waals surface area contributed by atoms with E-state index in [9.17, 15) is 10.2 Å². The van der Waals surface area contributed by atoms with Gasteiger partial charge in [-0.15, -0.1) is 0 Å². The van der Waals surface area contributed by atoms with Gasteiger partial charge in [0.1, 0.15) is 9.98 Å². The Morgan fingerprint density at radius 2 is 1.03 bits per heavy atom. The Hall–Kier alpha value is -0.520. The highest BCUT2D eigenvalue weighted by atomic mass is 32.1. The van der Waals surface area contributed by atoms with Gasteiger partial charge < -0.3 is 29.8 Å². The number of rotatable bonds is 14. The zero-order valence-electron chi connectivity index (χ0n) is 22.2. The summed E-state index contributed by atoms with van der Waals surface area (Å²) >= 11 is 22.4. The normalized spacial score (nSPS) is 19.4.